The Bertz CT molecular complexity index is 470. The smallest absolute Gasteiger partial charge is 0.267 e. The molecule has 0 saturated heterocycles. The third-order valence-corrected chi connectivity index (χ3v) is 1.68. The van der Waals surface area contributed by atoms with Crippen LogP contribution in [-0.4, -0.2) is 34.5 Å². The Kier molecular flexibility index (Phi) is 3.60. The fourth-order valence-corrected chi connectivity index (χ4v) is 1.12. The van der Waals surface area contributed by atoms with E-state index >= 15 is 0 Å². The van der Waals surface area contributed by atoms with Crippen molar-refractivity contribution in [3.8, 4) is 0 Å². The quantitative estimate of drug-likeness (QED) is 0.570. The van der Waals surface area contributed by atoms with E-state index in [2.05, 4.69) is 4.98 Å². The molecule has 2 aromatic rings. The summed E-state index contributed by atoms with van der Waals surface area (Å²) in [6.07, 6.45) is 0. The molecule has 1 aromatic carbocycles. The van der Waals surface area contributed by atoms with Crippen molar-refractivity contribution in [3.63, 3.8) is 0 Å². The van der Waals surface area contributed by atoms with Crippen LogP contribution in [0.1, 0.15) is 0 Å². The van der Waals surface area contributed by atoms with Gasteiger partial charge in [0.15, 0.2) is 0 Å². The molecular formula is C10H7NNaO. The summed E-state index contributed by atoms with van der Waals surface area (Å²) < 4.78 is 0. The van der Waals surface area contributed by atoms with Crippen LogP contribution >= 0.6 is 0 Å². The van der Waals surface area contributed by atoms with Gasteiger partial charge in [-0.1, -0.05) is 30.3 Å². The van der Waals surface area contributed by atoms with Crippen molar-refractivity contribution in [1.82, 2.24) is 4.98 Å². The Hall–Kier alpha value is -0.700. The number of hydrogen-bond donors (Lipinski definition) is 0. The van der Waals surface area contributed by atoms with Crippen molar-refractivity contribution >= 4 is 40.5 Å². The molecule has 0 bridgehead atoms. The largest absolute Gasteiger partial charge is 0.270 e. The minimum Gasteiger partial charge on any atom is -0.267 e. The Morgan fingerprint density at radius 1 is 0.923 bits per heavy atom. The van der Waals surface area contributed by atoms with Crippen LogP contribution in [0.4, 0.5) is 0 Å². The number of hydrogen-bond acceptors (Lipinski definition) is 2. The zero-order valence-electron chi connectivity index (χ0n) is 7.40. The van der Waals surface area contributed by atoms with Crippen LogP contribution in [0.15, 0.2) is 47.3 Å². The zero-order valence-corrected chi connectivity index (χ0v) is 9.40. The van der Waals surface area contributed by atoms with E-state index in [-0.39, 0.29) is 35.1 Å². The molecule has 3 heteroatoms. The van der Waals surface area contributed by atoms with E-state index in [0.29, 0.717) is 0 Å². The van der Waals surface area contributed by atoms with Gasteiger partial charge >= 0.3 is 0 Å². The summed E-state index contributed by atoms with van der Waals surface area (Å²) in [4.78, 5) is 14.9. The van der Waals surface area contributed by atoms with E-state index in [1.165, 1.54) is 6.07 Å². The van der Waals surface area contributed by atoms with Gasteiger partial charge in [-0.2, -0.15) is 0 Å². The van der Waals surface area contributed by atoms with Crippen molar-refractivity contribution in [2.75, 3.05) is 0 Å². The predicted molar refractivity (Wildman–Crippen MR) is 53.8 cm³/mol. The van der Waals surface area contributed by atoms with Gasteiger partial charge in [0.1, 0.15) is 0 Å². The molecule has 0 fully saturated rings. The topological polar surface area (TPSA) is 30.0 Å². The van der Waals surface area contributed by atoms with Crippen molar-refractivity contribution in [2.45, 2.75) is 0 Å². The van der Waals surface area contributed by atoms with E-state index in [1.807, 2.05) is 30.3 Å². The molecule has 59 valence electrons. The maximum absolute atomic E-state index is 11.0. The molecule has 0 spiro atoms. The minimum atomic E-state index is -0.198. The van der Waals surface area contributed by atoms with E-state index in [0.717, 1.165) is 10.9 Å². The Morgan fingerprint density at radius 2 is 1.62 bits per heavy atom. The van der Waals surface area contributed by atoms with Gasteiger partial charge in [-0.05, 0) is 6.07 Å². The molecule has 0 unspecified atom stereocenters. The van der Waals surface area contributed by atoms with E-state index in [1.54, 1.807) is 6.07 Å². The van der Waals surface area contributed by atoms with Crippen LogP contribution in [0.2, 0.25) is 0 Å². The third kappa shape index (κ3) is 2.37. The Labute approximate surface area is 97.9 Å². The first-order chi connectivity index (χ1) is 5.86. The second kappa shape index (κ2) is 4.51. The number of para-hydroxylation sites is 1. The maximum atomic E-state index is 11.0. The zero-order chi connectivity index (χ0) is 8.39. The van der Waals surface area contributed by atoms with Gasteiger partial charge in [-0.15, -0.1) is 0 Å². The molecular weight excluding hydrogens is 173 g/mol. The van der Waals surface area contributed by atoms with Crippen LogP contribution in [-0.2, 0) is 0 Å². The minimum absolute atomic E-state index is 0. The van der Waals surface area contributed by atoms with Crippen LogP contribution in [0.5, 0.6) is 0 Å². The SMILES string of the molecule is O=c1cccc2ccccc2n1.[Na]. The van der Waals surface area contributed by atoms with Gasteiger partial charge in [0, 0.05) is 41.0 Å². The second-order valence-corrected chi connectivity index (χ2v) is 2.53. The average Bonchev–Trinajstić information content (AvgIpc) is 2.25. The molecule has 0 aliphatic rings. The predicted octanol–water partition coefficient (Wildman–Crippen LogP) is 1.21. The van der Waals surface area contributed by atoms with Gasteiger partial charge < -0.3 is 0 Å². The average molecular weight is 180 g/mol. The summed E-state index contributed by atoms with van der Waals surface area (Å²) in [5.41, 5.74) is 0.545. The van der Waals surface area contributed by atoms with E-state index < -0.39 is 0 Å². The van der Waals surface area contributed by atoms with E-state index in [4.69, 9.17) is 0 Å². The second-order valence-electron chi connectivity index (χ2n) is 2.53. The summed E-state index contributed by atoms with van der Waals surface area (Å²) in [7, 11) is 0. The Morgan fingerprint density at radius 3 is 2.46 bits per heavy atom. The number of fused-ring (bicyclic) bond motifs is 1. The third-order valence-electron chi connectivity index (χ3n) is 1.68. The number of benzene rings is 1. The van der Waals surface area contributed by atoms with Crippen LogP contribution in [0, 0.1) is 0 Å². The summed E-state index contributed by atoms with van der Waals surface area (Å²) in [5, 5.41) is 0.986. The molecule has 2 nitrogen and oxygen atoms in total. The van der Waals surface area contributed by atoms with Crippen molar-refractivity contribution in [2.24, 2.45) is 0 Å². The van der Waals surface area contributed by atoms with Gasteiger partial charge in [0.25, 0.3) is 5.56 Å². The molecule has 13 heavy (non-hydrogen) atoms. The standard InChI is InChI=1S/C10H7NO.Na/c12-10-7-3-5-8-4-1-2-6-9(8)11-10;/h1-7H;. The monoisotopic (exact) mass is 180 g/mol. The normalized spacial score (nSPS) is 9.23. The molecule has 0 saturated carbocycles. The van der Waals surface area contributed by atoms with Gasteiger partial charge in [0.05, 0.1) is 5.52 Å². The van der Waals surface area contributed by atoms with Crippen molar-refractivity contribution in [1.29, 1.82) is 0 Å². The van der Waals surface area contributed by atoms with Crippen LogP contribution in [0.3, 0.4) is 0 Å². The van der Waals surface area contributed by atoms with Gasteiger partial charge in [-0.3, -0.25) is 4.79 Å². The molecule has 2 rings (SSSR count). The molecule has 1 radical (unpaired) electrons. The molecule has 0 atom stereocenters. The first-order valence-electron chi connectivity index (χ1n) is 3.72. The molecule has 0 aliphatic carbocycles. The van der Waals surface area contributed by atoms with Gasteiger partial charge in [-0.25, -0.2) is 4.98 Å². The van der Waals surface area contributed by atoms with Crippen LogP contribution < -0.4 is 5.56 Å². The first-order valence-corrected chi connectivity index (χ1v) is 3.72. The first kappa shape index (κ1) is 10.4. The molecule has 1 aromatic heterocycles. The molecule has 0 N–H and O–H groups in total. The fourth-order valence-electron chi connectivity index (χ4n) is 1.12. The van der Waals surface area contributed by atoms with Crippen molar-refractivity contribution < 1.29 is 0 Å². The summed E-state index contributed by atoms with van der Waals surface area (Å²) in [5.74, 6) is 0. The summed E-state index contributed by atoms with van der Waals surface area (Å²) in [6.45, 7) is 0. The molecule has 1 heterocycles. The molecule has 0 amide bonds. The van der Waals surface area contributed by atoms with E-state index in [9.17, 15) is 4.79 Å². The fraction of sp³-hybridized carbons (Fsp3) is 0. The Balaban J connectivity index is 0.000000845. The number of aromatic nitrogens is 1. The van der Waals surface area contributed by atoms with Gasteiger partial charge in [0.2, 0.25) is 0 Å². The molecule has 0 aliphatic heterocycles. The summed E-state index contributed by atoms with van der Waals surface area (Å²) in [6, 6.07) is 12.6. The van der Waals surface area contributed by atoms with Crippen molar-refractivity contribution in [3.05, 3.63) is 52.8 Å². The number of rotatable bonds is 0. The summed E-state index contributed by atoms with van der Waals surface area (Å²) >= 11 is 0. The maximum Gasteiger partial charge on any atom is 0.270 e. The van der Waals surface area contributed by atoms with Crippen LogP contribution in [0.25, 0.3) is 10.9 Å². The number of nitrogens with zero attached hydrogens (tertiary/aromatic N) is 1.